The molecule has 0 rings (SSSR count). The first-order valence-corrected chi connectivity index (χ1v) is 6.33. The molecule has 0 aliphatic rings. The van der Waals surface area contributed by atoms with E-state index in [-0.39, 0.29) is 13.2 Å². The number of ether oxygens (including phenoxy) is 1. The van der Waals surface area contributed by atoms with Crippen LogP contribution >= 0.6 is 0 Å². The Morgan fingerprint density at radius 2 is 1.78 bits per heavy atom. The Balaban J connectivity index is 4.92. The average Bonchev–Trinajstić information content (AvgIpc) is 2.22. The van der Waals surface area contributed by atoms with E-state index in [1.165, 1.54) is 4.90 Å². The third kappa shape index (κ3) is 5.69. The number of β-amino-alcohol motifs (C(OH)–C–C–N with tert-alkyl or cyclic N) is 1. The molecule has 0 bridgehead atoms. The van der Waals surface area contributed by atoms with Gasteiger partial charge in [-0.15, -0.1) is 0 Å². The Labute approximate surface area is 110 Å². The van der Waals surface area contributed by atoms with Gasteiger partial charge in [-0.1, -0.05) is 6.92 Å². The van der Waals surface area contributed by atoms with Crippen molar-refractivity contribution >= 4 is 6.09 Å². The van der Waals surface area contributed by atoms with Gasteiger partial charge in [0, 0.05) is 5.54 Å². The van der Waals surface area contributed by atoms with Crippen molar-refractivity contribution in [3.05, 3.63) is 0 Å². The number of carbonyl (C=O) groups excluding carboxylic acids is 1. The highest BCUT2D eigenvalue weighted by atomic mass is 16.6. The molecule has 0 radical (unpaired) electrons. The second-order valence-electron chi connectivity index (χ2n) is 6.09. The van der Waals surface area contributed by atoms with Crippen LogP contribution in [-0.4, -0.2) is 51.6 Å². The van der Waals surface area contributed by atoms with Crippen molar-refractivity contribution in [3.8, 4) is 0 Å². The summed E-state index contributed by atoms with van der Waals surface area (Å²) < 4.78 is 5.33. The number of amides is 1. The molecule has 0 saturated heterocycles. The minimum absolute atomic E-state index is 0.0618. The van der Waals surface area contributed by atoms with Gasteiger partial charge in [-0.3, -0.25) is 0 Å². The van der Waals surface area contributed by atoms with E-state index in [1.807, 2.05) is 20.8 Å². The van der Waals surface area contributed by atoms with E-state index in [1.54, 1.807) is 20.8 Å². The van der Waals surface area contributed by atoms with Gasteiger partial charge >= 0.3 is 6.09 Å². The minimum atomic E-state index is -0.955. The molecule has 0 unspecified atom stereocenters. The molecule has 0 spiro atoms. The maximum absolute atomic E-state index is 12.1. The number of aliphatic hydroxyl groups is 2. The van der Waals surface area contributed by atoms with Crippen LogP contribution in [0.2, 0.25) is 0 Å². The number of rotatable bonds is 5. The van der Waals surface area contributed by atoms with Crippen molar-refractivity contribution in [1.82, 2.24) is 4.90 Å². The predicted molar refractivity (Wildman–Crippen MR) is 70.4 cm³/mol. The number of hydrogen-bond donors (Lipinski definition) is 2. The van der Waals surface area contributed by atoms with E-state index < -0.39 is 23.3 Å². The summed E-state index contributed by atoms with van der Waals surface area (Å²) >= 11 is 0. The van der Waals surface area contributed by atoms with Crippen LogP contribution in [0.25, 0.3) is 0 Å². The van der Waals surface area contributed by atoms with Crippen molar-refractivity contribution in [2.24, 2.45) is 0 Å². The summed E-state index contributed by atoms with van der Waals surface area (Å²) in [5, 5.41) is 18.4. The zero-order chi connectivity index (χ0) is 14.6. The van der Waals surface area contributed by atoms with Gasteiger partial charge in [0.2, 0.25) is 0 Å². The first-order valence-electron chi connectivity index (χ1n) is 6.33. The first kappa shape index (κ1) is 17.2. The molecule has 2 N–H and O–H groups in total. The van der Waals surface area contributed by atoms with Crippen LogP contribution in [0.4, 0.5) is 4.79 Å². The monoisotopic (exact) mass is 261 g/mol. The Hall–Kier alpha value is -0.810. The number of nitrogens with zero attached hydrogens (tertiary/aromatic N) is 1. The van der Waals surface area contributed by atoms with Crippen molar-refractivity contribution in [1.29, 1.82) is 0 Å². The molecular weight excluding hydrogens is 234 g/mol. The van der Waals surface area contributed by atoms with Crippen molar-refractivity contribution in [2.75, 3.05) is 13.2 Å². The Morgan fingerprint density at radius 3 is 2.11 bits per heavy atom. The fraction of sp³-hybridized carbons (Fsp3) is 0.923. The van der Waals surface area contributed by atoms with E-state index in [0.29, 0.717) is 0 Å². The first-order chi connectivity index (χ1) is 8.03. The number of aliphatic hydroxyl groups excluding tert-OH is 2. The third-order valence-corrected chi connectivity index (χ3v) is 2.81. The second-order valence-corrected chi connectivity index (χ2v) is 6.09. The van der Waals surface area contributed by atoms with Crippen molar-refractivity contribution in [3.63, 3.8) is 0 Å². The molecule has 18 heavy (non-hydrogen) atoms. The highest BCUT2D eigenvalue weighted by Gasteiger charge is 2.33. The molecule has 1 amide bonds. The highest BCUT2D eigenvalue weighted by molar-refractivity contribution is 5.69. The summed E-state index contributed by atoms with van der Waals surface area (Å²) in [5.74, 6) is 0. The normalized spacial score (nSPS) is 14.2. The summed E-state index contributed by atoms with van der Waals surface area (Å²) in [6.07, 6.45) is -0.699. The summed E-state index contributed by atoms with van der Waals surface area (Å²) in [4.78, 5) is 13.6. The molecule has 0 aliphatic heterocycles. The fourth-order valence-corrected chi connectivity index (χ4v) is 1.35. The van der Waals surface area contributed by atoms with Crippen LogP contribution in [0.5, 0.6) is 0 Å². The van der Waals surface area contributed by atoms with E-state index in [9.17, 15) is 9.90 Å². The van der Waals surface area contributed by atoms with Gasteiger partial charge in [-0.25, -0.2) is 4.79 Å². The Bertz CT molecular complexity index is 271. The lowest BCUT2D eigenvalue weighted by Gasteiger charge is -2.39. The molecule has 0 aromatic carbocycles. The standard InChI is InChI=1S/C13H27NO4/c1-7-13(5,6)14(8-10(16)9-15)11(17)18-12(2,3)4/h10,15-16H,7-9H2,1-6H3/t10-/m1/s1. The SMILES string of the molecule is CCC(C)(C)N(C[C@@H](O)CO)C(=O)OC(C)(C)C. The summed E-state index contributed by atoms with van der Waals surface area (Å²) in [5.41, 5.74) is -1.01. The lowest BCUT2D eigenvalue weighted by Crippen LogP contribution is -2.52. The van der Waals surface area contributed by atoms with Crippen molar-refractivity contribution in [2.45, 2.75) is 65.2 Å². The Kier molecular flexibility index (Phi) is 6.10. The third-order valence-electron chi connectivity index (χ3n) is 2.81. The van der Waals surface area contributed by atoms with Crippen LogP contribution in [-0.2, 0) is 4.74 Å². The Morgan fingerprint density at radius 1 is 1.28 bits per heavy atom. The minimum Gasteiger partial charge on any atom is -0.444 e. The molecule has 1 atom stereocenters. The second kappa shape index (κ2) is 6.38. The molecule has 108 valence electrons. The summed E-state index contributed by atoms with van der Waals surface area (Å²) in [6, 6.07) is 0. The summed E-state index contributed by atoms with van der Waals surface area (Å²) in [6.45, 7) is 10.8. The number of hydrogen-bond acceptors (Lipinski definition) is 4. The molecular formula is C13H27NO4. The smallest absolute Gasteiger partial charge is 0.410 e. The highest BCUT2D eigenvalue weighted by Crippen LogP contribution is 2.22. The van der Waals surface area contributed by atoms with Gasteiger partial charge in [-0.05, 0) is 41.0 Å². The van der Waals surface area contributed by atoms with Crippen LogP contribution in [0, 0.1) is 0 Å². The average molecular weight is 261 g/mol. The van der Waals surface area contributed by atoms with Gasteiger partial charge < -0.3 is 19.8 Å². The van der Waals surface area contributed by atoms with Crippen LogP contribution in [0.15, 0.2) is 0 Å². The topological polar surface area (TPSA) is 70.0 Å². The van der Waals surface area contributed by atoms with Gasteiger partial charge in [0.25, 0.3) is 0 Å². The molecule has 0 aliphatic carbocycles. The lowest BCUT2D eigenvalue weighted by molar-refractivity contribution is -0.0190. The van der Waals surface area contributed by atoms with Gasteiger partial charge in [0.05, 0.1) is 19.3 Å². The van der Waals surface area contributed by atoms with E-state index in [4.69, 9.17) is 9.84 Å². The molecule has 0 saturated carbocycles. The predicted octanol–water partition coefficient (Wildman–Crippen LogP) is 1.77. The van der Waals surface area contributed by atoms with E-state index >= 15 is 0 Å². The van der Waals surface area contributed by atoms with Gasteiger partial charge in [0.15, 0.2) is 0 Å². The largest absolute Gasteiger partial charge is 0.444 e. The molecule has 0 heterocycles. The molecule has 5 nitrogen and oxygen atoms in total. The van der Waals surface area contributed by atoms with E-state index in [2.05, 4.69) is 0 Å². The van der Waals surface area contributed by atoms with Crippen LogP contribution in [0.1, 0.15) is 48.0 Å². The van der Waals surface area contributed by atoms with E-state index in [0.717, 1.165) is 6.42 Å². The van der Waals surface area contributed by atoms with Gasteiger partial charge in [-0.2, -0.15) is 0 Å². The van der Waals surface area contributed by atoms with Crippen LogP contribution in [0.3, 0.4) is 0 Å². The fourth-order valence-electron chi connectivity index (χ4n) is 1.35. The molecule has 0 aromatic heterocycles. The molecule has 0 aromatic rings. The quantitative estimate of drug-likeness (QED) is 0.791. The lowest BCUT2D eigenvalue weighted by atomic mass is 9.99. The van der Waals surface area contributed by atoms with Crippen LogP contribution < -0.4 is 0 Å². The van der Waals surface area contributed by atoms with Gasteiger partial charge in [0.1, 0.15) is 5.60 Å². The maximum Gasteiger partial charge on any atom is 0.410 e. The maximum atomic E-state index is 12.1. The van der Waals surface area contributed by atoms with Crippen molar-refractivity contribution < 1.29 is 19.7 Å². The molecule has 0 fully saturated rings. The zero-order valence-corrected chi connectivity index (χ0v) is 12.4. The number of carbonyl (C=O) groups is 1. The summed E-state index contributed by atoms with van der Waals surface area (Å²) in [7, 11) is 0. The molecule has 5 heteroatoms. The zero-order valence-electron chi connectivity index (χ0n) is 12.4.